The van der Waals surface area contributed by atoms with Crippen LogP contribution in [0, 0.1) is 0 Å². The highest BCUT2D eigenvalue weighted by Gasteiger charge is 2.19. The van der Waals surface area contributed by atoms with E-state index in [1.54, 1.807) is 18.2 Å². The van der Waals surface area contributed by atoms with Gasteiger partial charge in [-0.15, -0.1) is 0 Å². The maximum absolute atomic E-state index is 12.6. The Bertz CT molecular complexity index is 1050. The summed E-state index contributed by atoms with van der Waals surface area (Å²) in [5, 5.41) is 10.5. The Hall–Kier alpha value is -3.48. The van der Waals surface area contributed by atoms with Crippen LogP contribution in [0.2, 0.25) is 0 Å². The first-order chi connectivity index (χ1) is 12.5. The van der Waals surface area contributed by atoms with E-state index in [0.29, 0.717) is 17.1 Å². The molecule has 0 radical (unpaired) electrons. The van der Waals surface area contributed by atoms with E-state index in [2.05, 4.69) is 4.74 Å². The minimum Gasteiger partial charge on any atom is -0.502 e. The molecule has 7 nitrogen and oxygen atoms in total. The monoisotopic (exact) mass is 356 g/mol. The molecule has 134 valence electrons. The van der Waals surface area contributed by atoms with Crippen LogP contribution in [-0.2, 0) is 4.74 Å². The molecule has 0 atom stereocenters. The lowest BCUT2D eigenvalue weighted by Crippen LogP contribution is -2.04. The van der Waals surface area contributed by atoms with E-state index in [4.69, 9.17) is 13.9 Å². The van der Waals surface area contributed by atoms with Gasteiger partial charge in [0, 0.05) is 11.6 Å². The van der Waals surface area contributed by atoms with Crippen LogP contribution < -0.4 is 14.9 Å². The number of benzene rings is 2. The van der Waals surface area contributed by atoms with Crippen molar-refractivity contribution in [2.24, 2.45) is 0 Å². The fraction of sp³-hybridized carbons (Fsp3) is 0.158. The maximum Gasteiger partial charge on any atom is 0.337 e. The second kappa shape index (κ2) is 6.79. The number of rotatable bonds is 4. The summed E-state index contributed by atoms with van der Waals surface area (Å²) in [6.45, 7) is 0. The number of ether oxygens (including phenoxy) is 3. The van der Waals surface area contributed by atoms with Gasteiger partial charge < -0.3 is 23.7 Å². The first-order valence-electron chi connectivity index (χ1n) is 7.60. The molecule has 26 heavy (non-hydrogen) atoms. The molecule has 0 unspecified atom stereocenters. The third kappa shape index (κ3) is 2.83. The van der Waals surface area contributed by atoms with Gasteiger partial charge in [0.05, 0.1) is 32.3 Å². The highest BCUT2D eigenvalue weighted by Crippen LogP contribution is 2.35. The Kier molecular flexibility index (Phi) is 4.53. The second-order valence-electron chi connectivity index (χ2n) is 5.38. The topological polar surface area (TPSA) is 95.2 Å². The molecule has 0 aliphatic rings. The number of methoxy groups -OCH3 is 3. The number of carbonyl (C=O) groups is 1. The highest BCUT2D eigenvalue weighted by molar-refractivity contribution is 5.91. The average molecular weight is 356 g/mol. The van der Waals surface area contributed by atoms with Gasteiger partial charge in [-0.2, -0.15) is 0 Å². The molecule has 1 N–H and O–H groups in total. The molecule has 7 heteroatoms. The molecule has 0 saturated heterocycles. The van der Waals surface area contributed by atoms with Crippen molar-refractivity contribution >= 4 is 16.9 Å². The van der Waals surface area contributed by atoms with Crippen molar-refractivity contribution in [2.45, 2.75) is 0 Å². The highest BCUT2D eigenvalue weighted by atomic mass is 16.5. The number of hydrogen-bond acceptors (Lipinski definition) is 7. The lowest BCUT2D eigenvalue weighted by molar-refractivity contribution is 0.0601. The number of carbonyl (C=O) groups excluding carboxylic acids is 1. The van der Waals surface area contributed by atoms with Crippen LogP contribution in [0.25, 0.3) is 22.3 Å². The normalized spacial score (nSPS) is 10.6. The molecule has 0 fully saturated rings. The molecule has 3 aromatic rings. The third-order valence-corrected chi connectivity index (χ3v) is 3.92. The van der Waals surface area contributed by atoms with Gasteiger partial charge in [0.15, 0.2) is 17.3 Å². The molecular formula is C19H16O7. The van der Waals surface area contributed by atoms with Crippen LogP contribution in [0.15, 0.2) is 45.6 Å². The Morgan fingerprint density at radius 3 is 2.38 bits per heavy atom. The molecule has 2 aromatic carbocycles. The molecular weight excluding hydrogens is 340 g/mol. The van der Waals surface area contributed by atoms with Crippen LogP contribution in [-0.4, -0.2) is 32.4 Å². The first kappa shape index (κ1) is 17.3. The Balaban J connectivity index is 2.26. The quantitative estimate of drug-likeness (QED) is 0.718. The molecule has 1 heterocycles. The summed E-state index contributed by atoms with van der Waals surface area (Å²) < 4.78 is 20.8. The van der Waals surface area contributed by atoms with E-state index in [9.17, 15) is 14.7 Å². The summed E-state index contributed by atoms with van der Waals surface area (Å²) in [4.78, 5) is 24.3. The van der Waals surface area contributed by atoms with Crippen LogP contribution >= 0.6 is 0 Å². The smallest absolute Gasteiger partial charge is 0.337 e. The molecule has 0 aliphatic heterocycles. The summed E-state index contributed by atoms with van der Waals surface area (Å²) in [5.74, 6) is -0.441. The van der Waals surface area contributed by atoms with E-state index in [-0.39, 0.29) is 22.3 Å². The standard InChI is InChI=1S/C19H16O7/c1-23-14-8-12-13(9-15(14)24-2)26-18(17(21)16(12)20)10-5-4-6-11(7-10)19(22)25-3/h4-9,21H,1-3H3. The molecule has 3 rings (SSSR count). The van der Waals surface area contributed by atoms with E-state index >= 15 is 0 Å². The van der Waals surface area contributed by atoms with Crippen molar-refractivity contribution in [3.8, 4) is 28.6 Å². The molecule has 0 spiro atoms. The van der Waals surface area contributed by atoms with E-state index in [1.165, 1.54) is 39.5 Å². The zero-order chi connectivity index (χ0) is 18.8. The average Bonchev–Trinajstić information content (AvgIpc) is 2.69. The van der Waals surface area contributed by atoms with Crippen molar-refractivity contribution < 1.29 is 28.5 Å². The number of fused-ring (bicyclic) bond motifs is 1. The predicted molar refractivity (Wildman–Crippen MR) is 94.0 cm³/mol. The van der Waals surface area contributed by atoms with Crippen LogP contribution in [0.1, 0.15) is 10.4 Å². The minimum atomic E-state index is -0.620. The molecule has 1 aromatic heterocycles. The third-order valence-electron chi connectivity index (χ3n) is 3.92. The van der Waals surface area contributed by atoms with Crippen molar-refractivity contribution in [1.29, 1.82) is 0 Å². The van der Waals surface area contributed by atoms with Gasteiger partial charge in [-0.3, -0.25) is 4.79 Å². The van der Waals surface area contributed by atoms with E-state index in [1.807, 2.05) is 0 Å². The van der Waals surface area contributed by atoms with Crippen molar-refractivity contribution in [2.75, 3.05) is 21.3 Å². The van der Waals surface area contributed by atoms with Crippen molar-refractivity contribution in [3.63, 3.8) is 0 Å². The summed E-state index contributed by atoms with van der Waals surface area (Å²) in [5.41, 5.74) is 0.216. The van der Waals surface area contributed by atoms with Gasteiger partial charge in [-0.05, 0) is 18.2 Å². The fourth-order valence-electron chi connectivity index (χ4n) is 2.61. The summed E-state index contributed by atoms with van der Waals surface area (Å²) >= 11 is 0. The van der Waals surface area contributed by atoms with Crippen molar-refractivity contribution in [3.05, 3.63) is 52.2 Å². The second-order valence-corrected chi connectivity index (χ2v) is 5.38. The summed E-state index contributed by atoms with van der Waals surface area (Å²) in [6, 6.07) is 9.17. The van der Waals surface area contributed by atoms with Gasteiger partial charge in [0.25, 0.3) is 0 Å². The van der Waals surface area contributed by atoms with Crippen LogP contribution in [0.4, 0.5) is 0 Å². The molecule has 0 saturated carbocycles. The van der Waals surface area contributed by atoms with E-state index in [0.717, 1.165) is 0 Å². The molecule has 0 amide bonds. The van der Waals surface area contributed by atoms with Crippen molar-refractivity contribution in [1.82, 2.24) is 0 Å². The lowest BCUT2D eigenvalue weighted by atomic mass is 10.1. The Labute approximate surface area is 148 Å². The maximum atomic E-state index is 12.6. The zero-order valence-electron chi connectivity index (χ0n) is 14.4. The lowest BCUT2D eigenvalue weighted by Gasteiger charge is -2.11. The number of esters is 1. The fourth-order valence-corrected chi connectivity index (χ4v) is 2.61. The summed E-state index contributed by atoms with van der Waals surface area (Å²) in [6.07, 6.45) is 0. The van der Waals surface area contributed by atoms with Gasteiger partial charge in [0.1, 0.15) is 5.58 Å². The Morgan fingerprint density at radius 2 is 1.73 bits per heavy atom. The Morgan fingerprint density at radius 1 is 1.04 bits per heavy atom. The first-order valence-corrected chi connectivity index (χ1v) is 7.60. The van der Waals surface area contributed by atoms with Gasteiger partial charge in [0.2, 0.25) is 11.2 Å². The van der Waals surface area contributed by atoms with Gasteiger partial charge in [-0.25, -0.2) is 4.79 Å². The van der Waals surface area contributed by atoms with Gasteiger partial charge in [-0.1, -0.05) is 12.1 Å². The number of aromatic hydroxyl groups is 1. The number of hydrogen-bond donors (Lipinski definition) is 1. The largest absolute Gasteiger partial charge is 0.502 e. The van der Waals surface area contributed by atoms with Crippen LogP contribution in [0.5, 0.6) is 17.2 Å². The molecule has 0 bridgehead atoms. The molecule has 0 aliphatic carbocycles. The summed E-state index contributed by atoms with van der Waals surface area (Å²) in [7, 11) is 4.17. The van der Waals surface area contributed by atoms with Gasteiger partial charge >= 0.3 is 5.97 Å². The van der Waals surface area contributed by atoms with Crippen LogP contribution in [0.3, 0.4) is 0 Å². The SMILES string of the molecule is COC(=O)c1cccc(-c2oc3cc(OC)c(OC)cc3c(=O)c2O)c1. The predicted octanol–water partition coefficient (Wildman–Crippen LogP) is 2.97. The zero-order valence-corrected chi connectivity index (χ0v) is 14.4. The minimum absolute atomic E-state index is 0.0551. The van der Waals surface area contributed by atoms with E-state index < -0.39 is 17.1 Å².